The van der Waals surface area contributed by atoms with Crippen LogP contribution < -0.4 is 4.90 Å². The van der Waals surface area contributed by atoms with Crippen LogP contribution >= 0.6 is 0 Å². The Morgan fingerprint density at radius 3 is 2.38 bits per heavy atom. The van der Waals surface area contributed by atoms with E-state index in [-0.39, 0.29) is 0 Å². The molecule has 0 bridgehead atoms. The predicted molar refractivity (Wildman–Crippen MR) is 64.5 cm³/mol. The Hall–Kier alpha value is -1.38. The number of piperidine rings is 1. The maximum absolute atomic E-state index is 4.48. The molecule has 0 unspecified atom stereocenters. The van der Waals surface area contributed by atoms with E-state index in [1.54, 1.807) is 11.1 Å². The molecule has 1 saturated heterocycles. The Morgan fingerprint density at radius 2 is 1.75 bits per heavy atom. The fourth-order valence-electron chi connectivity index (χ4n) is 2.40. The van der Waals surface area contributed by atoms with Gasteiger partial charge in [-0.05, 0) is 38.7 Å². The van der Waals surface area contributed by atoms with Crippen molar-refractivity contribution in [2.24, 2.45) is 0 Å². The number of aromatic nitrogens is 2. The highest BCUT2D eigenvalue weighted by molar-refractivity contribution is 5.40. The van der Waals surface area contributed by atoms with Crippen LogP contribution in [0.2, 0.25) is 0 Å². The van der Waals surface area contributed by atoms with Gasteiger partial charge in [0.25, 0.3) is 0 Å². The SMILES string of the molecule is Cc1nccc(N2CCC(=C3CC3)CC2)n1. The molecule has 16 heavy (non-hydrogen) atoms. The summed E-state index contributed by atoms with van der Waals surface area (Å²) in [5.41, 5.74) is 3.46. The Balaban J connectivity index is 1.71. The van der Waals surface area contributed by atoms with Gasteiger partial charge >= 0.3 is 0 Å². The minimum atomic E-state index is 0.865. The van der Waals surface area contributed by atoms with Crippen LogP contribution in [0.25, 0.3) is 0 Å². The lowest BCUT2D eigenvalue weighted by Gasteiger charge is -2.29. The fraction of sp³-hybridized carbons (Fsp3) is 0.538. The highest BCUT2D eigenvalue weighted by Gasteiger charge is 2.22. The van der Waals surface area contributed by atoms with Crippen molar-refractivity contribution in [2.45, 2.75) is 32.6 Å². The van der Waals surface area contributed by atoms with Crippen molar-refractivity contribution < 1.29 is 0 Å². The molecular weight excluding hydrogens is 198 g/mol. The zero-order chi connectivity index (χ0) is 11.0. The Bertz CT molecular complexity index is 421. The van der Waals surface area contributed by atoms with Crippen LogP contribution in [0.5, 0.6) is 0 Å². The summed E-state index contributed by atoms with van der Waals surface area (Å²) >= 11 is 0. The van der Waals surface area contributed by atoms with Gasteiger partial charge in [0.15, 0.2) is 0 Å². The molecule has 0 N–H and O–H groups in total. The van der Waals surface area contributed by atoms with Crippen LogP contribution in [0.3, 0.4) is 0 Å². The molecule has 3 heteroatoms. The molecule has 0 radical (unpaired) electrons. The molecule has 0 spiro atoms. The molecule has 1 aliphatic carbocycles. The summed E-state index contributed by atoms with van der Waals surface area (Å²) in [6.07, 6.45) is 7.05. The number of aryl methyl sites for hydroxylation is 1. The van der Waals surface area contributed by atoms with Gasteiger partial charge in [-0.1, -0.05) is 11.1 Å². The van der Waals surface area contributed by atoms with Crippen LogP contribution in [0.15, 0.2) is 23.4 Å². The Kier molecular flexibility index (Phi) is 2.39. The van der Waals surface area contributed by atoms with E-state index in [0.717, 1.165) is 24.7 Å². The quantitative estimate of drug-likeness (QED) is 0.674. The molecular formula is C13H17N3. The summed E-state index contributed by atoms with van der Waals surface area (Å²) in [6.45, 7) is 4.19. The molecule has 2 fully saturated rings. The van der Waals surface area contributed by atoms with E-state index in [2.05, 4.69) is 14.9 Å². The fourth-order valence-corrected chi connectivity index (χ4v) is 2.40. The minimum Gasteiger partial charge on any atom is -0.356 e. The van der Waals surface area contributed by atoms with Crippen molar-refractivity contribution >= 4 is 5.82 Å². The lowest BCUT2D eigenvalue weighted by Crippen LogP contribution is -2.31. The van der Waals surface area contributed by atoms with Crippen molar-refractivity contribution in [3.8, 4) is 0 Å². The van der Waals surface area contributed by atoms with E-state index in [0.29, 0.717) is 0 Å². The first-order chi connectivity index (χ1) is 7.83. The third-order valence-electron chi connectivity index (χ3n) is 3.45. The molecule has 0 amide bonds. The van der Waals surface area contributed by atoms with E-state index in [1.165, 1.54) is 25.7 Å². The average molecular weight is 215 g/mol. The molecule has 2 aliphatic rings. The molecule has 1 aromatic heterocycles. The number of allylic oxidation sites excluding steroid dienone is 1. The van der Waals surface area contributed by atoms with E-state index >= 15 is 0 Å². The molecule has 84 valence electrons. The van der Waals surface area contributed by atoms with Crippen molar-refractivity contribution in [3.63, 3.8) is 0 Å². The van der Waals surface area contributed by atoms with Crippen molar-refractivity contribution in [2.75, 3.05) is 18.0 Å². The summed E-state index contributed by atoms with van der Waals surface area (Å²) in [5, 5.41) is 0. The van der Waals surface area contributed by atoms with Gasteiger partial charge < -0.3 is 4.90 Å². The third-order valence-corrected chi connectivity index (χ3v) is 3.45. The smallest absolute Gasteiger partial charge is 0.132 e. The number of hydrogen-bond donors (Lipinski definition) is 0. The second-order valence-corrected chi connectivity index (χ2v) is 4.66. The zero-order valence-corrected chi connectivity index (χ0v) is 9.74. The molecule has 3 rings (SSSR count). The zero-order valence-electron chi connectivity index (χ0n) is 9.74. The van der Waals surface area contributed by atoms with Gasteiger partial charge in [0.05, 0.1) is 0 Å². The number of rotatable bonds is 1. The van der Waals surface area contributed by atoms with Gasteiger partial charge in [-0.25, -0.2) is 9.97 Å². The lowest BCUT2D eigenvalue weighted by molar-refractivity contribution is 0.672. The third kappa shape index (κ3) is 1.94. The predicted octanol–water partition coefficient (Wildman–Crippen LogP) is 2.48. The number of nitrogens with zero attached hydrogens (tertiary/aromatic N) is 3. The van der Waals surface area contributed by atoms with Crippen LogP contribution in [0.1, 0.15) is 31.5 Å². The van der Waals surface area contributed by atoms with E-state index in [4.69, 9.17) is 0 Å². The topological polar surface area (TPSA) is 29.0 Å². The molecule has 1 saturated carbocycles. The highest BCUT2D eigenvalue weighted by Crippen LogP contribution is 2.36. The summed E-state index contributed by atoms with van der Waals surface area (Å²) in [4.78, 5) is 11.0. The van der Waals surface area contributed by atoms with E-state index < -0.39 is 0 Å². The second-order valence-electron chi connectivity index (χ2n) is 4.66. The van der Waals surface area contributed by atoms with Crippen molar-refractivity contribution in [3.05, 3.63) is 29.2 Å². The first kappa shape index (κ1) is 9.82. The first-order valence-electron chi connectivity index (χ1n) is 6.07. The van der Waals surface area contributed by atoms with Gasteiger partial charge in [0, 0.05) is 19.3 Å². The lowest BCUT2D eigenvalue weighted by atomic mass is 10.0. The Morgan fingerprint density at radius 1 is 1.06 bits per heavy atom. The van der Waals surface area contributed by atoms with Crippen molar-refractivity contribution in [1.29, 1.82) is 0 Å². The van der Waals surface area contributed by atoms with Gasteiger partial charge in [-0.2, -0.15) is 0 Å². The van der Waals surface area contributed by atoms with Gasteiger partial charge in [-0.3, -0.25) is 0 Å². The summed E-state index contributed by atoms with van der Waals surface area (Å²) in [7, 11) is 0. The molecule has 0 atom stereocenters. The van der Waals surface area contributed by atoms with E-state index in [9.17, 15) is 0 Å². The number of hydrogen-bond acceptors (Lipinski definition) is 3. The van der Waals surface area contributed by atoms with Crippen molar-refractivity contribution in [1.82, 2.24) is 9.97 Å². The van der Waals surface area contributed by atoms with Crippen LogP contribution in [0, 0.1) is 6.92 Å². The van der Waals surface area contributed by atoms with E-state index in [1.807, 2.05) is 19.2 Å². The van der Waals surface area contributed by atoms with Crippen LogP contribution in [-0.4, -0.2) is 23.1 Å². The molecule has 1 aromatic rings. The summed E-state index contributed by atoms with van der Waals surface area (Å²) < 4.78 is 0. The monoisotopic (exact) mass is 215 g/mol. The largest absolute Gasteiger partial charge is 0.356 e. The molecule has 2 heterocycles. The summed E-state index contributed by atoms with van der Waals surface area (Å²) in [5.74, 6) is 1.95. The maximum atomic E-state index is 4.48. The van der Waals surface area contributed by atoms with Gasteiger partial charge in [0.2, 0.25) is 0 Å². The average Bonchev–Trinajstić information content (AvgIpc) is 3.13. The minimum absolute atomic E-state index is 0.865. The molecule has 3 nitrogen and oxygen atoms in total. The highest BCUT2D eigenvalue weighted by atomic mass is 15.2. The first-order valence-corrected chi connectivity index (χ1v) is 6.07. The summed E-state index contributed by atoms with van der Waals surface area (Å²) in [6, 6.07) is 2.02. The number of anilines is 1. The standard InChI is InChI=1S/C13H17N3/c1-10-14-7-4-13(15-10)16-8-5-12(6-9-16)11-2-3-11/h4,7H,2-3,5-6,8-9H2,1H3. The van der Waals surface area contributed by atoms with Gasteiger partial charge in [0.1, 0.15) is 11.6 Å². The second kappa shape index (κ2) is 3.89. The Labute approximate surface area is 96.2 Å². The van der Waals surface area contributed by atoms with Gasteiger partial charge in [-0.15, -0.1) is 0 Å². The molecule has 1 aliphatic heterocycles. The van der Waals surface area contributed by atoms with Crippen LogP contribution in [-0.2, 0) is 0 Å². The van der Waals surface area contributed by atoms with Crippen LogP contribution in [0.4, 0.5) is 5.82 Å². The maximum Gasteiger partial charge on any atom is 0.132 e. The molecule has 0 aromatic carbocycles. The normalized spacial score (nSPS) is 20.2.